The Kier molecular flexibility index (Phi) is 7.95. The molecular formula is C9H20Si2. The summed E-state index contributed by atoms with van der Waals surface area (Å²) in [6, 6.07) is 1.50. The van der Waals surface area contributed by atoms with E-state index in [1.54, 1.807) is 0 Å². The van der Waals surface area contributed by atoms with Gasteiger partial charge in [0.05, 0.1) is 0 Å². The van der Waals surface area contributed by atoms with Crippen LogP contribution >= 0.6 is 0 Å². The van der Waals surface area contributed by atoms with Crippen molar-refractivity contribution < 1.29 is 0 Å². The Bertz CT molecular complexity index is 100. The molecule has 0 N–H and O–H groups in total. The fourth-order valence-corrected chi connectivity index (χ4v) is 7.60. The minimum absolute atomic E-state index is 0.300. The fraction of sp³-hybridized carbons (Fsp3) is 0.556. The van der Waals surface area contributed by atoms with Crippen molar-refractivity contribution >= 4 is 18.1 Å². The summed E-state index contributed by atoms with van der Waals surface area (Å²) in [5.74, 6) is 0. The molecule has 0 atom stereocenters. The number of allylic oxidation sites excluding steroid dienone is 2. The second kappa shape index (κ2) is 8.01. The molecule has 0 bridgehead atoms. The van der Waals surface area contributed by atoms with Crippen LogP contribution in [0.3, 0.4) is 0 Å². The summed E-state index contributed by atoms with van der Waals surface area (Å²) < 4.78 is 0. The molecule has 0 aromatic carbocycles. The molecule has 0 spiro atoms. The van der Waals surface area contributed by atoms with Gasteiger partial charge in [0.15, 0.2) is 0 Å². The van der Waals surface area contributed by atoms with E-state index >= 15 is 0 Å². The Morgan fingerprint density at radius 2 is 1.82 bits per heavy atom. The van der Waals surface area contributed by atoms with E-state index in [1.165, 1.54) is 18.9 Å². The van der Waals surface area contributed by atoms with Crippen LogP contribution < -0.4 is 0 Å². The summed E-state index contributed by atoms with van der Waals surface area (Å²) in [5, 5.41) is 0. The van der Waals surface area contributed by atoms with Crippen LogP contribution in [-0.4, -0.2) is 18.1 Å². The maximum absolute atomic E-state index is 3.79. The largest absolute Gasteiger partial charge is 0.103 e. The van der Waals surface area contributed by atoms with Crippen LogP contribution in [0.1, 0.15) is 19.8 Å². The molecule has 0 aromatic rings. The second-order valence-corrected chi connectivity index (χ2v) is 10.3. The molecule has 0 amide bonds. The van der Waals surface area contributed by atoms with Crippen molar-refractivity contribution in [3.8, 4) is 0 Å². The van der Waals surface area contributed by atoms with Gasteiger partial charge >= 0.3 is 0 Å². The number of hydrogen-bond acceptors (Lipinski definition) is 0. The number of rotatable bonds is 7. The van der Waals surface area contributed by atoms with E-state index in [2.05, 4.69) is 32.2 Å². The Balaban J connectivity index is 3.49. The van der Waals surface area contributed by atoms with Crippen LogP contribution in [0.5, 0.6) is 0 Å². The molecule has 0 radical (unpaired) electrons. The third-order valence-electron chi connectivity index (χ3n) is 1.97. The normalized spacial score (nSPS) is 12.2. The molecule has 0 rings (SSSR count). The van der Waals surface area contributed by atoms with Gasteiger partial charge in [0.1, 0.15) is 0 Å². The molecule has 0 aliphatic carbocycles. The lowest BCUT2D eigenvalue weighted by Crippen LogP contribution is -2.09. The highest BCUT2D eigenvalue weighted by molar-refractivity contribution is 7.01. The smallest absolute Gasteiger partial charge is 0.0126 e. The maximum atomic E-state index is 3.79. The van der Waals surface area contributed by atoms with Gasteiger partial charge in [-0.15, -0.1) is 13.2 Å². The Morgan fingerprint density at radius 1 is 1.27 bits per heavy atom. The molecule has 0 saturated heterocycles. The van der Waals surface area contributed by atoms with Gasteiger partial charge in [-0.2, -0.15) is 0 Å². The first-order valence-corrected chi connectivity index (χ1v) is 10.4. The van der Waals surface area contributed by atoms with Crippen molar-refractivity contribution in [2.75, 3.05) is 0 Å². The van der Waals surface area contributed by atoms with Crippen molar-refractivity contribution in [2.45, 2.75) is 31.4 Å². The van der Waals surface area contributed by atoms with Crippen LogP contribution in [0.15, 0.2) is 25.3 Å². The van der Waals surface area contributed by atoms with Crippen molar-refractivity contribution in [1.29, 1.82) is 0 Å². The van der Waals surface area contributed by atoms with Crippen molar-refractivity contribution in [3.05, 3.63) is 25.3 Å². The summed E-state index contributed by atoms with van der Waals surface area (Å²) in [6.07, 6.45) is 6.63. The Labute approximate surface area is 75.2 Å². The van der Waals surface area contributed by atoms with Crippen LogP contribution in [0.4, 0.5) is 0 Å². The predicted molar refractivity (Wildman–Crippen MR) is 60.9 cm³/mol. The monoisotopic (exact) mass is 184 g/mol. The van der Waals surface area contributed by atoms with E-state index < -0.39 is 0 Å². The first-order valence-electron chi connectivity index (χ1n) is 4.56. The highest BCUT2D eigenvalue weighted by Gasteiger charge is 2.03. The predicted octanol–water partition coefficient (Wildman–Crippen LogP) is 1.62. The van der Waals surface area contributed by atoms with Gasteiger partial charge < -0.3 is 0 Å². The summed E-state index contributed by atoms with van der Waals surface area (Å²) >= 11 is 0. The van der Waals surface area contributed by atoms with E-state index in [0.717, 1.165) is 5.54 Å². The Hall–Kier alpha value is -0.0862. The summed E-state index contributed by atoms with van der Waals surface area (Å²) in [5.41, 5.74) is 0.997. The molecule has 0 aliphatic rings. The third-order valence-corrected chi connectivity index (χ3v) is 10.4. The van der Waals surface area contributed by atoms with Gasteiger partial charge in [0.2, 0.25) is 0 Å². The summed E-state index contributed by atoms with van der Waals surface area (Å²) in [7, 11) is 0.677. The van der Waals surface area contributed by atoms with E-state index in [9.17, 15) is 0 Å². The zero-order chi connectivity index (χ0) is 8.53. The zero-order valence-electron chi connectivity index (χ0n) is 7.68. The van der Waals surface area contributed by atoms with Crippen LogP contribution in [0.25, 0.3) is 0 Å². The molecule has 0 heterocycles. The number of hydrogen-bond donors (Lipinski definition) is 0. The van der Waals surface area contributed by atoms with Gasteiger partial charge in [-0.3, -0.25) is 0 Å². The molecule has 11 heavy (non-hydrogen) atoms. The average Bonchev–Trinajstić information content (AvgIpc) is 2.01. The molecule has 0 fully saturated rings. The molecule has 0 nitrogen and oxygen atoms in total. The zero-order valence-corrected chi connectivity index (χ0v) is 10.5. The average molecular weight is 184 g/mol. The molecule has 0 aliphatic heterocycles. The Morgan fingerprint density at radius 3 is 2.18 bits per heavy atom. The quantitative estimate of drug-likeness (QED) is 0.417. The van der Waals surface area contributed by atoms with Gasteiger partial charge in [0.25, 0.3) is 0 Å². The molecule has 0 saturated carbocycles. The van der Waals surface area contributed by atoms with Gasteiger partial charge in [-0.1, -0.05) is 25.1 Å². The molecular weight excluding hydrogens is 164 g/mol. The second-order valence-electron chi connectivity index (χ2n) is 3.06. The lowest BCUT2D eigenvalue weighted by molar-refractivity contribution is 0.861. The van der Waals surface area contributed by atoms with E-state index in [0.29, 0.717) is 18.1 Å². The molecule has 0 unspecified atom stereocenters. The SMILES string of the molecule is C=CCC(CC=C)[SiH2][SiH2]CC. The van der Waals surface area contributed by atoms with E-state index in [-0.39, 0.29) is 0 Å². The highest BCUT2D eigenvalue weighted by Crippen LogP contribution is 2.14. The van der Waals surface area contributed by atoms with E-state index in [1.807, 2.05) is 0 Å². The van der Waals surface area contributed by atoms with Crippen LogP contribution in [0, 0.1) is 0 Å². The van der Waals surface area contributed by atoms with Gasteiger partial charge in [0, 0.05) is 18.1 Å². The maximum Gasteiger partial charge on any atom is 0.0126 e. The van der Waals surface area contributed by atoms with Crippen molar-refractivity contribution in [1.82, 2.24) is 0 Å². The van der Waals surface area contributed by atoms with E-state index in [4.69, 9.17) is 0 Å². The minimum atomic E-state index is 0.300. The lowest BCUT2D eigenvalue weighted by Gasteiger charge is -2.09. The van der Waals surface area contributed by atoms with Gasteiger partial charge in [-0.25, -0.2) is 0 Å². The topological polar surface area (TPSA) is 0 Å². The van der Waals surface area contributed by atoms with Crippen LogP contribution in [0.2, 0.25) is 11.6 Å². The first-order chi connectivity index (χ1) is 5.35. The summed E-state index contributed by atoms with van der Waals surface area (Å²) in [6.45, 7) is 9.92. The van der Waals surface area contributed by atoms with Crippen LogP contribution in [-0.2, 0) is 0 Å². The highest BCUT2D eigenvalue weighted by atomic mass is 29.1. The van der Waals surface area contributed by atoms with Gasteiger partial charge in [-0.05, 0) is 18.4 Å². The third kappa shape index (κ3) is 6.32. The lowest BCUT2D eigenvalue weighted by atomic mass is 10.2. The molecule has 64 valence electrons. The van der Waals surface area contributed by atoms with Crippen molar-refractivity contribution in [2.24, 2.45) is 0 Å². The molecule has 2 heteroatoms. The summed E-state index contributed by atoms with van der Waals surface area (Å²) in [4.78, 5) is 0. The standard InChI is InChI=1S/C9H20Si2/c1-4-7-9(8-5-2)11-10-6-3/h4-5,9H,1-2,6-8,10-11H2,3H3. The molecule has 0 aromatic heterocycles. The minimum Gasteiger partial charge on any atom is -0.103 e. The fourth-order valence-electron chi connectivity index (χ4n) is 1.30. The van der Waals surface area contributed by atoms with Crippen molar-refractivity contribution in [3.63, 3.8) is 0 Å². The first kappa shape index (κ1) is 10.9.